The van der Waals surface area contributed by atoms with Gasteiger partial charge in [-0.15, -0.1) is 0 Å². The molecule has 0 radical (unpaired) electrons. The lowest BCUT2D eigenvalue weighted by Gasteiger charge is -2.26. The van der Waals surface area contributed by atoms with E-state index in [0.717, 1.165) is 11.5 Å². The highest BCUT2D eigenvalue weighted by Crippen LogP contribution is 2.19. The van der Waals surface area contributed by atoms with E-state index in [4.69, 9.17) is 0 Å². The molecule has 1 aliphatic rings. The number of amides is 2. The van der Waals surface area contributed by atoms with Crippen molar-refractivity contribution < 1.29 is 13.2 Å². The summed E-state index contributed by atoms with van der Waals surface area (Å²) in [4.78, 5) is 17.6. The molecule has 0 aromatic carbocycles. The van der Waals surface area contributed by atoms with Crippen molar-refractivity contribution in [3.05, 3.63) is 18.3 Å². The van der Waals surface area contributed by atoms with Crippen LogP contribution >= 0.6 is 11.8 Å². The average molecular weight is 316 g/mol. The fourth-order valence-corrected chi connectivity index (χ4v) is 3.46. The van der Waals surface area contributed by atoms with Crippen molar-refractivity contribution in [1.82, 2.24) is 14.6 Å². The first kappa shape index (κ1) is 15.1. The zero-order valence-electron chi connectivity index (χ0n) is 11.0. The van der Waals surface area contributed by atoms with E-state index in [1.165, 1.54) is 19.3 Å². The highest BCUT2D eigenvalue weighted by atomic mass is 32.2. The third kappa shape index (κ3) is 3.41. The van der Waals surface area contributed by atoms with Gasteiger partial charge in [0.05, 0.1) is 5.69 Å². The zero-order chi connectivity index (χ0) is 14.6. The first-order valence-electron chi connectivity index (χ1n) is 6.07. The summed E-state index contributed by atoms with van der Waals surface area (Å²) in [6, 6.07) is 2.80. The predicted molar refractivity (Wildman–Crippen MR) is 78.4 cm³/mol. The van der Waals surface area contributed by atoms with Crippen molar-refractivity contribution in [1.29, 1.82) is 0 Å². The molecule has 1 aliphatic heterocycles. The molecular weight excluding hydrogens is 300 g/mol. The Bertz CT molecular complexity index is 585. The van der Waals surface area contributed by atoms with Crippen molar-refractivity contribution in [3.63, 3.8) is 0 Å². The summed E-state index contributed by atoms with van der Waals surface area (Å²) in [6.07, 6.45) is 1.37. The molecule has 0 bridgehead atoms. The van der Waals surface area contributed by atoms with Gasteiger partial charge in [-0.2, -0.15) is 11.8 Å². The van der Waals surface area contributed by atoms with Gasteiger partial charge in [-0.3, -0.25) is 0 Å². The standard InChI is InChI=1S/C11H16N4O3S2/c1-12-20(17,18)10-9(3-2-4-13-10)14-11(16)15-5-7-19-8-6-15/h2-4,12H,5-8H2,1H3,(H,14,16). The van der Waals surface area contributed by atoms with E-state index in [-0.39, 0.29) is 16.7 Å². The monoisotopic (exact) mass is 316 g/mol. The minimum Gasteiger partial charge on any atom is -0.323 e. The van der Waals surface area contributed by atoms with Gasteiger partial charge in [-0.05, 0) is 19.2 Å². The minimum absolute atomic E-state index is 0.178. The van der Waals surface area contributed by atoms with E-state index in [1.54, 1.807) is 22.7 Å². The summed E-state index contributed by atoms with van der Waals surface area (Å²) in [5.41, 5.74) is 0.185. The topological polar surface area (TPSA) is 91.4 Å². The van der Waals surface area contributed by atoms with Crippen LogP contribution in [0.4, 0.5) is 10.5 Å². The van der Waals surface area contributed by atoms with Crippen LogP contribution in [0.5, 0.6) is 0 Å². The van der Waals surface area contributed by atoms with Crippen molar-refractivity contribution in [2.75, 3.05) is 37.0 Å². The van der Waals surface area contributed by atoms with Gasteiger partial charge in [-0.25, -0.2) is 22.9 Å². The maximum atomic E-state index is 12.1. The molecule has 2 rings (SSSR count). The van der Waals surface area contributed by atoms with E-state index in [2.05, 4.69) is 15.0 Å². The Kier molecular flexibility index (Phi) is 4.84. The molecule has 7 nitrogen and oxygen atoms in total. The first-order valence-corrected chi connectivity index (χ1v) is 8.70. The molecule has 2 N–H and O–H groups in total. The Labute approximate surface area is 122 Å². The second-order valence-corrected chi connectivity index (χ2v) is 7.12. The molecule has 1 saturated heterocycles. The van der Waals surface area contributed by atoms with Gasteiger partial charge < -0.3 is 10.2 Å². The van der Waals surface area contributed by atoms with Crippen molar-refractivity contribution in [3.8, 4) is 0 Å². The van der Waals surface area contributed by atoms with Crippen LogP contribution < -0.4 is 10.0 Å². The largest absolute Gasteiger partial charge is 0.323 e. The molecule has 1 aromatic heterocycles. The SMILES string of the molecule is CNS(=O)(=O)c1ncccc1NC(=O)N1CCSCC1. The Morgan fingerprint density at radius 2 is 2.10 bits per heavy atom. The smallest absolute Gasteiger partial charge is 0.321 e. The van der Waals surface area contributed by atoms with Gasteiger partial charge >= 0.3 is 6.03 Å². The van der Waals surface area contributed by atoms with Crippen molar-refractivity contribution in [2.24, 2.45) is 0 Å². The summed E-state index contributed by atoms with van der Waals surface area (Å²) in [7, 11) is -2.40. The number of hydrogen-bond acceptors (Lipinski definition) is 5. The van der Waals surface area contributed by atoms with E-state index >= 15 is 0 Å². The van der Waals surface area contributed by atoms with Crippen LogP contribution in [-0.4, -0.2) is 56.0 Å². The summed E-state index contributed by atoms with van der Waals surface area (Å²) >= 11 is 1.79. The van der Waals surface area contributed by atoms with Gasteiger partial charge in [-0.1, -0.05) is 0 Å². The number of anilines is 1. The summed E-state index contributed by atoms with van der Waals surface area (Å²) < 4.78 is 25.9. The second-order valence-electron chi connectivity index (χ2n) is 4.09. The molecule has 9 heteroatoms. The number of pyridine rings is 1. The van der Waals surface area contributed by atoms with Gasteiger partial charge in [0.25, 0.3) is 10.0 Å². The molecule has 2 heterocycles. The van der Waals surface area contributed by atoms with Gasteiger partial charge in [0, 0.05) is 30.8 Å². The molecule has 0 aliphatic carbocycles. The molecule has 20 heavy (non-hydrogen) atoms. The third-order valence-electron chi connectivity index (χ3n) is 2.83. The Morgan fingerprint density at radius 1 is 1.40 bits per heavy atom. The van der Waals surface area contributed by atoms with Gasteiger partial charge in [0.2, 0.25) is 0 Å². The van der Waals surface area contributed by atoms with Crippen LogP contribution in [0, 0.1) is 0 Å². The number of carbonyl (C=O) groups is 1. The lowest BCUT2D eigenvalue weighted by molar-refractivity contribution is 0.217. The highest BCUT2D eigenvalue weighted by Gasteiger charge is 2.22. The van der Waals surface area contributed by atoms with Crippen LogP contribution in [0.15, 0.2) is 23.4 Å². The fraction of sp³-hybridized carbons (Fsp3) is 0.455. The maximum Gasteiger partial charge on any atom is 0.321 e. The van der Waals surface area contributed by atoms with Crippen molar-refractivity contribution >= 4 is 33.5 Å². The normalized spacial score (nSPS) is 15.9. The summed E-state index contributed by atoms with van der Waals surface area (Å²) in [5, 5.41) is 2.44. The third-order valence-corrected chi connectivity index (χ3v) is 5.15. The van der Waals surface area contributed by atoms with Crippen molar-refractivity contribution in [2.45, 2.75) is 5.03 Å². The Morgan fingerprint density at radius 3 is 2.75 bits per heavy atom. The lowest BCUT2D eigenvalue weighted by Crippen LogP contribution is -2.41. The van der Waals surface area contributed by atoms with Gasteiger partial charge in [0.1, 0.15) is 0 Å². The molecule has 110 valence electrons. The molecule has 1 aromatic rings. The number of nitrogens with one attached hydrogen (secondary N) is 2. The summed E-state index contributed by atoms with van der Waals surface area (Å²) in [5.74, 6) is 1.78. The quantitative estimate of drug-likeness (QED) is 0.851. The zero-order valence-corrected chi connectivity index (χ0v) is 12.6. The molecular formula is C11H16N4O3S2. The van der Waals surface area contributed by atoms with Crippen LogP contribution in [0.3, 0.4) is 0 Å². The number of thioether (sulfide) groups is 1. The predicted octanol–water partition coefficient (Wildman–Crippen LogP) is 0.570. The maximum absolute atomic E-state index is 12.1. The van der Waals surface area contributed by atoms with E-state index in [1.807, 2.05) is 0 Å². The first-order chi connectivity index (χ1) is 9.54. The molecule has 0 saturated carbocycles. The number of sulfonamides is 1. The second kappa shape index (κ2) is 6.42. The van der Waals surface area contributed by atoms with Crippen LogP contribution in [-0.2, 0) is 10.0 Å². The van der Waals surface area contributed by atoms with E-state index in [0.29, 0.717) is 13.1 Å². The van der Waals surface area contributed by atoms with Crippen LogP contribution in [0.2, 0.25) is 0 Å². The molecule has 0 atom stereocenters. The summed E-state index contributed by atoms with van der Waals surface area (Å²) in [6.45, 7) is 1.32. The number of hydrogen-bond donors (Lipinski definition) is 2. The fourth-order valence-electron chi connectivity index (χ4n) is 1.76. The Hall–Kier alpha value is -1.32. The Balaban J connectivity index is 2.19. The number of rotatable bonds is 3. The van der Waals surface area contributed by atoms with Crippen LogP contribution in [0.25, 0.3) is 0 Å². The number of carbonyl (C=O) groups excluding carboxylic acids is 1. The molecule has 0 spiro atoms. The average Bonchev–Trinajstić information content (AvgIpc) is 2.48. The molecule has 0 unspecified atom stereocenters. The lowest BCUT2D eigenvalue weighted by atomic mass is 10.4. The minimum atomic E-state index is -3.70. The number of urea groups is 1. The highest BCUT2D eigenvalue weighted by molar-refractivity contribution is 7.99. The van der Waals surface area contributed by atoms with E-state index < -0.39 is 10.0 Å². The van der Waals surface area contributed by atoms with Gasteiger partial charge in [0.15, 0.2) is 5.03 Å². The molecule has 2 amide bonds. The molecule has 1 fully saturated rings. The number of aromatic nitrogens is 1. The number of nitrogens with zero attached hydrogens (tertiary/aromatic N) is 2. The van der Waals surface area contributed by atoms with Crippen LogP contribution in [0.1, 0.15) is 0 Å². The van der Waals surface area contributed by atoms with E-state index in [9.17, 15) is 13.2 Å².